The first kappa shape index (κ1) is 16.1. The quantitative estimate of drug-likeness (QED) is 0.777. The molecule has 1 fully saturated rings. The highest BCUT2D eigenvalue weighted by Gasteiger charge is 2.30. The van der Waals surface area contributed by atoms with E-state index in [2.05, 4.69) is 17.1 Å². The van der Waals surface area contributed by atoms with Crippen molar-refractivity contribution in [3.63, 3.8) is 0 Å². The molecule has 124 valence electrons. The molecule has 0 radical (unpaired) electrons. The van der Waals surface area contributed by atoms with Gasteiger partial charge in [0.25, 0.3) is 0 Å². The van der Waals surface area contributed by atoms with E-state index in [-0.39, 0.29) is 11.4 Å². The predicted molar refractivity (Wildman–Crippen MR) is 85.4 cm³/mol. The van der Waals surface area contributed by atoms with Crippen molar-refractivity contribution in [2.75, 3.05) is 7.05 Å². The first-order chi connectivity index (χ1) is 11.0. The SMILES string of the molecule is CCCc1ccc(S(=O)(=O)N(C)Cc2noc(C3CC3)n2)cc1. The minimum Gasteiger partial charge on any atom is -0.339 e. The van der Waals surface area contributed by atoms with Crippen LogP contribution in [0.3, 0.4) is 0 Å². The van der Waals surface area contributed by atoms with Crippen LogP contribution in [0.5, 0.6) is 0 Å². The number of benzene rings is 1. The van der Waals surface area contributed by atoms with Gasteiger partial charge in [-0.05, 0) is 37.0 Å². The predicted octanol–water partition coefficient (Wildman–Crippen LogP) is 2.72. The fourth-order valence-electron chi connectivity index (χ4n) is 2.41. The van der Waals surface area contributed by atoms with Crippen LogP contribution in [0.1, 0.15) is 49.4 Å². The zero-order chi connectivity index (χ0) is 16.4. The van der Waals surface area contributed by atoms with Gasteiger partial charge in [-0.2, -0.15) is 9.29 Å². The molecule has 0 bridgehead atoms. The monoisotopic (exact) mass is 335 g/mol. The molecule has 1 aliphatic carbocycles. The third-order valence-electron chi connectivity index (χ3n) is 3.94. The van der Waals surface area contributed by atoms with Gasteiger partial charge in [-0.3, -0.25) is 0 Å². The Morgan fingerprint density at radius 1 is 1.26 bits per heavy atom. The molecule has 1 aromatic heterocycles. The Morgan fingerprint density at radius 3 is 2.57 bits per heavy atom. The van der Waals surface area contributed by atoms with Crippen LogP contribution in [0.2, 0.25) is 0 Å². The molecule has 0 saturated heterocycles. The van der Waals surface area contributed by atoms with Gasteiger partial charge in [-0.1, -0.05) is 30.6 Å². The van der Waals surface area contributed by atoms with Gasteiger partial charge in [0.05, 0.1) is 11.4 Å². The number of hydrogen-bond acceptors (Lipinski definition) is 5. The summed E-state index contributed by atoms with van der Waals surface area (Å²) in [7, 11) is -2.02. The molecule has 1 aromatic carbocycles. The minimum atomic E-state index is -3.55. The molecule has 3 rings (SSSR count). The smallest absolute Gasteiger partial charge is 0.243 e. The molecular formula is C16H21N3O3S. The van der Waals surface area contributed by atoms with E-state index in [1.165, 1.54) is 11.4 Å². The first-order valence-corrected chi connectivity index (χ1v) is 9.32. The maximum absolute atomic E-state index is 12.6. The van der Waals surface area contributed by atoms with Gasteiger partial charge in [-0.25, -0.2) is 8.42 Å². The third kappa shape index (κ3) is 3.61. The van der Waals surface area contributed by atoms with E-state index in [9.17, 15) is 8.42 Å². The van der Waals surface area contributed by atoms with Crippen molar-refractivity contribution in [3.8, 4) is 0 Å². The molecule has 0 atom stereocenters. The number of rotatable bonds is 7. The van der Waals surface area contributed by atoms with Crippen LogP contribution in [0.25, 0.3) is 0 Å². The second-order valence-corrected chi connectivity index (χ2v) is 8.02. The summed E-state index contributed by atoms with van der Waals surface area (Å²) in [5, 5.41) is 3.87. The van der Waals surface area contributed by atoms with Crippen molar-refractivity contribution in [2.24, 2.45) is 0 Å². The molecule has 6 nitrogen and oxygen atoms in total. The molecule has 0 aliphatic heterocycles. The maximum Gasteiger partial charge on any atom is 0.243 e. The molecule has 0 amide bonds. The molecular weight excluding hydrogens is 314 g/mol. The van der Waals surface area contributed by atoms with Gasteiger partial charge in [-0.15, -0.1) is 0 Å². The zero-order valence-electron chi connectivity index (χ0n) is 13.4. The second kappa shape index (κ2) is 6.41. The van der Waals surface area contributed by atoms with Crippen LogP contribution >= 0.6 is 0 Å². The first-order valence-electron chi connectivity index (χ1n) is 7.88. The lowest BCUT2D eigenvalue weighted by atomic mass is 10.1. The Labute approximate surface area is 136 Å². The summed E-state index contributed by atoms with van der Waals surface area (Å²) in [6, 6.07) is 7.04. The van der Waals surface area contributed by atoms with Crippen LogP contribution in [0, 0.1) is 0 Å². The summed E-state index contributed by atoms with van der Waals surface area (Å²) in [6.45, 7) is 2.20. The van der Waals surface area contributed by atoms with Crippen LogP contribution in [-0.2, 0) is 23.0 Å². The molecule has 2 aromatic rings. The fraction of sp³-hybridized carbons (Fsp3) is 0.500. The van der Waals surface area contributed by atoms with E-state index in [1.54, 1.807) is 12.1 Å². The third-order valence-corrected chi connectivity index (χ3v) is 5.76. The Morgan fingerprint density at radius 2 is 1.96 bits per heavy atom. The summed E-state index contributed by atoms with van der Waals surface area (Å²) in [4.78, 5) is 4.56. The molecule has 1 heterocycles. The minimum absolute atomic E-state index is 0.106. The number of aromatic nitrogens is 2. The summed E-state index contributed by atoms with van der Waals surface area (Å²) in [5.41, 5.74) is 1.14. The average molecular weight is 335 g/mol. The van der Waals surface area contributed by atoms with Crippen molar-refractivity contribution in [1.82, 2.24) is 14.4 Å². The van der Waals surface area contributed by atoms with Gasteiger partial charge < -0.3 is 4.52 Å². The Kier molecular flexibility index (Phi) is 4.50. The van der Waals surface area contributed by atoms with E-state index in [1.807, 2.05) is 12.1 Å². The van der Waals surface area contributed by atoms with Crippen LogP contribution < -0.4 is 0 Å². The van der Waals surface area contributed by atoms with Crippen molar-refractivity contribution in [1.29, 1.82) is 0 Å². The van der Waals surface area contributed by atoms with Gasteiger partial charge in [0.15, 0.2) is 5.82 Å². The molecule has 1 saturated carbocycles. The van der Waals surface area contributed by atoms with Gasteiger partial charge >= 0.3 is 0 Å². The normalized spacial score (nSPS) is 15.3. The summed E-state index contributed by atoms with van der Waals surface area (Å²) >= 11 is 0. The molecule has 1 aliphatic rings. The number of aryl methyl sites for hydroxylation is 1. The topological polar surface area (TPSA) is 76.3 Å². The highest BCUT2D eigenvalue weighted by molar-refractivity contribution is 7.89. The van der Waals surface area contributed by atoms with E-state index in [4.69, 9.17) is 4.52 Å². The summed E-state index contributed by atoms with van der Waals surface area (Å²) in [5.74, 6) is 1.39. The van der Waals surface area contributed by atoms with Crippen molar-refractivity contribution < 1.29 is 12.9 Å². The van der Waals surface area contributed by atoms with Crippen LogP contribution in [0.15, 0.2) is 33.7 Å². The van der Waals surface area contributed by atoms with Crippen molar-refractivity contribution in [3.05, 3.63) is 41.5 Å². The number of hydrogen-bond donors (Lipinski definition) is 0. The Hall–Kier alpha value is -1.73. The van der Waals surface area contributed by atoms with Crippen molar-refractivity contribution in [2.45, 2.75) is 50.0 Å². The van der Waals surface area contributed by atoms with Crippen LogP contribution in [-0.4, -0.2) is 29.9 Å². The lowest BCUT2D eigenvalue weighted by Crippen LogP contribution is -2.27. The molecule has 0 spiro atoms. The Bertz CT molecular complexity index is 764. The van der Waals surface area contributed by atoms with Crippen LogP contribution in [0.4, 0.5) is 0 Å². The van der Waals surface area contributed by atoms with Gasteiger partial charge in [0.2, 0.25) is 15.9 Å². The van der Waals surface area contributed by atoms with E-state index in [0.717, 1.165) is 31.2 Å². The lowest BCUT2D eigenvalue weighted by Gasteiger charge is -2.15. The maximum atomic E-state index is 12.6. The highest BCUT2D eigenvalue weighted by atomic mass is 32.2. The lowest BCUT2D eigenvalue weighted by molar-refractivity contribution is 0.366. The Balaban J connectivity index is 1.71. The standard InChI is InChI=1S/C16H21N3O3S/c1-3-4-12-5-9-14(10-6-12)23(20,21)19(2)11-15-17-16(22-18-15)13-7-8-13/h5-6,9-10,13H,3-4,7-8,11H2,1-2H3. The number of sulfonamides is 1. The largest absolute Gasteiger partial charge is 0.339 e. The average Bonchev–Trinajstić information content (AvgIpc) is 3.28. The number of nitrogens with zero attached hydrogens (tertiary/aromatic N) is 3. The zero-order valence-corrected chi connectivity index (χ0v) is 14.2. The second-order valence-electron chi connectivity index (χ2n) is 5.98. The van der Waals surface area contributed by atoms with Gasteiger partial charge in [0.1, 0.15) is 0 Å². The summed E-state index contributed by atoms with van der Waals surface area (Å²) in [6.07, 6.45) is 4.12. The van der Waals surface area contributed by atoms with E-state index < -0.39 is 10.0 Å². The molecule has 7 heteroatoms. The molecule has 0 N–H and O–H groups in total. The highest BCUT2D eigenvalue weighted by Crippen LogP contribution is 2.38. The van der Waals surface area contributed by atoms with Gasteiger partial charge in [0, 0.05) is 13.0 Å². The van der Waals surface area contributed by atoms with E-state index in [0.29, 0.717) is 17.6 Å². The summed E-state index contributed by atoms with van der Waals surface area (Å²) < 4.78 is 31.6. The van der Waals surface area contributed by atoms with E-state index >= 15 is 0 Å². The van der Waals surface area contributed by atoms with Crippen molar-refractivity contribution >= 4 is 10.0 Å². The molecule has 23 heavy (non-hydrogen) atoms. The molecule has 0 unspecified atom stereocenters. The fourth-order valence-corrected chi connectivity index (χ4v) is 3.53.